The first-order valence-electron chi connectivity index (χ1n) is 6.59. The number of carbonyl (C=O) groups is 2. The third-order valence-electron chi connectivity index (χ3n) is 3.59. The van der Waals surface area contributed by atoms with Crippen LogP contribution in [0.5, 0.6) is 0 Å². The number of nitrogens with two attached hydrogens (primary N) is 1. The van der Waals surface area contributed by atoms with Crippen molar-refractivity contribution in [3.63, 3.8) is 0 Å². The Morgan fingerprint density at radius 1 is 1.35 bits per heavy atom. The van der Waals surface area contributed by atoms with Gasteiger partial charge in [-0.1, -0.05) is 0 Å². The van der Waals surface area contributed by atoms with Gasteiger partial charge in [0, 0.05) is 45.2 Å². The maximum Gasteiger partial charge on any atom is 0.300 e. The largest absolute Gasteiger partial charge is 0.456 e. The number of furan rings is 1. The average molecular weight is 280 g/mol. The van der Waals surface area contributed by atoms with Crippen LogP contribution < -0.4 is 11.3 Å². The summed E-state index contributed by atoms with van der Waals surface area (Å²) in [6, 6.07) is 1.72. The Balaban J connectivity index is 1.96. The molecule has 1 aromatic rings. The molecule has 3 N–H and O–H groups in total. The van der Waals surface area contributed by atoms with Gasteiger partial charge in [0.05, 0.1) is 0 Å². The number of nitrogen functional groups attached to an aromatic ring is 1. The monoisotopic (exact) mass is 280 g/mol. The van der Waals surface area contributed by atoms with Crippen molar-refractivity contribution in [3.05, 3.63) is 23.2 Å². The van der Waals surface area contributed by atoms with Gasteiger partial charge < -0.3 is 9.32 Å². The molecule has 1 fully saturated rings. The standard InChI is InChI=1S/C13H20N4O3/c1-9-11(7-12(20-9)13(19)15-14)8-16-3-5-17(6-4-16)10(2)18/h7H,3-6,8,14H2,1-2H3,(H,15,19). The zero-order chi connectivity index (χ0) is 14.7. The Bertz CT molecular complexity index is 504. The number of nitrogens with zero attached hydrogens (tertiary/aromatic N) is 2. The maximum absolute atomic E-state index is 11.4. The smallest absolute Gasteiger partial charge is 0.300 e. The molecule has 1 aromatic heterocycles. The summed E-state index contributed by atoms with van der Waals surface area (Å²) in [7, 11) is 0. The van der Waals surface area contributed by atoms with Crippen molar-refractivity contribution in [1.29, 1.82) is 0 Å². The molecule has 7 nitrogen and oxygen atoms in total. The molecular formula is C13H20N4O3. The molecule has 0 bridgehead atoms. The summed E-state index contributed by atoms with van der Waals surface area (Å²) >= 11 is 0. The number of hydrazine groups is 1. The van der Waals surface area contributed by atoms with Crippen LogP contribution in [-0.2, 0) is 11.3 Å². The normalized spacial score (nSPS) is 16.2. The lowest BCUT2D eigenvalue weighted by Crippen LogP contribution is -2.47. The number of piperazine rings is 1. The molecule has 2 rings (SSSR count). The van der Waals surface area contributed by atoms with Crippen molar-refractivity contribution in [2.45, 2.75) is 20.4 Å². The van der Waals surface area contributed by atoms with E-state index in [1.807, 2.05) is 11.8 Å². The van der Waals surface area contributed by atoms with Crippen LogP contribution in [-0.4, -0.2) is 47.8 Å². The van der Waals surface area contributed by atoms with Crippen molar-refractivity contribution in [2.24, 2.45) is 5.84 Å². The average Bonchev–Trinajstić information content (AvgIpc) is 2.80. The van der Waals surface area contributed by atoms with Crippen LogP contribution in [0.4, 0.5) is 0 Å². The summed E-state index contributed by atoms with van der Waals surface area (Å²) in [5.74, 6) is 5.72. The van der Waals surface area contributed by atoms with E-state index in [2.05, 4.69) is 10.3 Å². The molecule has 20 heavy (non-hydrogen) atoms. The fraction of sp³-hybridized carbons (Fsp3) is 0.538. The van der Waals surface area contributed by atoms with Crippen LogP contribution >= 0.6 is 0 Å². The molecule has 7 heteroatoms. The van der Waals surface area contributed by atoms with E-state index in [0.717, 1.165) is 37.5 Å². The highest BCUT2D eigenvalue weighted by Crippen LogP contribution is 2.17. The Morgan fingerprint density at radius 2 is 2.00 bits per heavy atom. The van der Waals surface area contributed by atoms with Gasteiger partial charge in [-0.25, -0.2) is 5.84 Å². The van der Waals surface area contributed by atoms with Gasteiger partial charge in [-0.3, -0.25) is 19.9 Å². The first-order valence-corrected chi connectivity index (χ1v) is 6.59. The van der Waals surface area contributed by atoms with E-state index in [1.54, 1.807) is 13.0 Å². The van der Waals surface area contributed by atoms with Crippen LogP contribution in [0.2, 0.25) is 0 Å². The van der Waals surface area contributed by atoms with Gasteiger partial charge in [-0.15, -0.1) is 0 Å². The topological polar surface area (TPSA) is 91.8 Å². The minimum atomic E-state index is -0.430. The first-order chi connectivity index (χ1) is 9.51. The van der Waals surface area contributed by atoms with E-state index in [9.17, 15) is 9.59 Å². The molecule has 0 radical (unpaired) electrons. The van der Waals surface area contributed by atoms with Crippen LogP contribution in [0.1, 0.15) is 28.8 Å². The molecule has 0 spiro atoms. The summed E-state index contributed by atoms with van der Waals surface area (Å²) in [5.41, 5.74) is 3.03. The molecule has 2 heterocycles. The minimum Gasteiger partial charge on any atom is -0.456 e. The van der Waals surface area contributed by atoms with Gasteiger partial charge in [0.15, 0.2) is 5.76 Å². The molecule has 0 aromatic carbocycles. The van der Waals surface area contributed by atoms with Crippen molar-refractivity contribution in [1.82, 2.24) is 15.2 Å². The van der Waals surface area contributed by atoms with Crippen LogP contribution in [0, 0.1) is 6.92 Å². The highest BCUT2D eigenvalue weighted by Gasteiger charge is 2.21. The highest BCUT2D eigenvalue weighted by atomic mass is 16.4. The predicted molar refractivity (Wildman–Crippen MR) is 72.6 cm³/mol. The quantitative estimate of drug-likeness (QED) is 0.456. The lowest BCUT2D eigenvalue weighted by atomic mass is 10.2. The molecule has 1 aliphatic rings. The van der Waals surface area contributed by atoms with Gasteiger partial charge >= 0.3 is 5.91 Å². The SMILES string of the molecule is CC(=O)N1CCN(Cc2cc(C(=O)NN)oc2C)CC1. The third kappa shape index (κ3) is 3.17. The zero-order valence-electron chi connectivity index (χ0n) is 11.8. The van der Waals surface area contributed by atoms with Gasteiger partial charge in [0.25, 0.3) is 0 Å². The van der Waals surface area contributed by atoms with E-state index < -0.39 is 5.91 Å². The molecule has 1 aliphatic heterocycles. The van der Waals surface area contributed by atoms with E-state index in [0.29, 0.717) is 6.54 Å². The van der Waals surface area contributed by atoms with E-state index in [4.69, 9.17) is 10.3 Å². The van der Waals surface area contributed by atoms with Crippen LogP contribution in [0.3, 0.4) is 0 Å². The van der Waals surface area contributed by atoms with Gasteiger partial charge in [0.1, 0.15) is 5.76 Å². The maximum atomic E-state index is 11.4. The molecular weight excluding hydrogens is 260 g/mol. The molecule has 2 amide bonds. The van der Waals surface area contributed by atoms with Gasteiger partial charge in [-0.2, -0.15) is 0 Å². The number of hydrogen-bond donors (Lipinski definition) is 2. The minimum absolute atomic E-state index is 0.117. The summed E-state index contributed by atoms with van der Waals surface area (Å²) in [5, 5.41) is 0. The predicted octanol–water partition coefficient (Wildman–Crippen LogP) is -0.144. The molecule has 1 saturated heterocycles. The Labute approximate surface area is 117 Å². The van der Waals surface area contributed by atoms with Gasteiger partial charge in [0.2, 0.25) is 5.91 Å². The Morgan fingerprint density at radius 3 is 2.55 bits per heavy atom. The van der Waals surface area contributed by atoms with Crippen molar-refractivity contribution >= 4 is 11.8 Å². The second-order valence-electron chi connectivity index (χ2n) is 4.95. The zero-order valence-corrected chi connectivity index (χ0v) is 11.8. The van der Waals surface area contributed by atoms with E-state index in [1.165, 1.54) is 0 Å². The van der Waals surface area contributed by atoms with Crippen molar-refractivity contribution < 1.29 is 14.0 Å². The van der Waals surface area contributed by atoms with Gasteiger partial charge in [-0.05, 0) is 13.0 Å². The summed E-state index contributed by atoms with van der Waals surface area (Å²) < 4.78 is 5.38. The fourth-order valence-electron chi connectivity index (χ4n) is 2.32. The number of aryl methyl sites for hydroxylation is 1. The van der Waals surface area contributed by atoms with Crippen LogP contribution in [0.25, 0.3) is 0 Å². The molecule has 0 atom stereocenters. The molecule has 0 unspecified atom stereocenters. The second kappa shape index (κ2) is 6.06. The summed E-state index contributed by atoms with van der Waals surface area (Å²) in [4.78, 5) is 26.7. The number of carbonyl (C=O) groups excluding carboxylic acids is 2. The van der Waals surface area contributed by atoms with E-state index >= 15 is 0 Å². The number of hydrogen-bond acceptors (Lipinski definition) is 5. The van der Waals surface area contributed by atoms with Crippen molar-refractivity contribution in [3.8, 4) is 0 Å². The van der Waals surface area contributed by atoms with Crippen LogP contribution in [0.15, 0.2) is 10.5 Å². The van der Waals surface area contributed by atoms with Crippen molar-refractivity contribution in [2.75, 3.05) is 26.2 Å². The number of amides is 2. The Kier molecular flexibility index (Phi) is 4.41. The molecule has 110 valence electrons. The lowest BCUT2D eigenvalue weighted by molar-refractivity contribution is -0.130. The van der Waals surface area contributed by atoms with E-state index in [-0.39, 0.29) is 11.7 Å². The molecule has 0 aliphatic carbocycles. The lowest BCUT2D eigenvalue weighted by Gasteiger charge is -2.34. The summed E-state index contributed by atoms with van der Waals surface area (Å²) in [6.07, 6.45) is 0. The summed E-state index contributed by atoms with van der Waals surface area (Å²) in [6.45, 7) is 7.25. The first kappa shape index (κ1) is 14.5. The molecule has 0 saturated carbocycles. The highest BCUT2D eigenvalue weighted by molar-refractivity contribution is 5.91. The number of nitrogens with one attached hydrogen (secondary N) is 1. The fourth-order valence-corrected chi connectivity index (χ4v) is 2.32. The third-order valence-corrected chi connectivity index (χ3v) is 3.59. The number of rotatable bonds is 3. The second-order valence-corrected chi connectivity index (χ2v) is 4.95. The Hall–Kier alpha value is -1.86.